The molecule has 0 saturated carbocycles. The van der Waals surface area contributed by atoms with Crippen LogP contribution in [0.25, 0.3) is 0 Å². The van der Waals surface area contributed by atoms with Crippen LogP contribution in [0.5, 0.6) is 0 Å². The van der Waals surface area contributed by atoms with Gasteiger partial charge in [0.05, 0.1) is 23.3 Å². The monoisotopic (exact) mass is 369 g/mol. The second-order valence-electron chi connectivity index (χ2n) is 5.82. The van der Waals surface area contributed by atoms with Crippen LogP contribution in [0.3, 0.4) is 0 Å². The first-order valence-corrected chi connectivity index (χ1v) is 8.87. The van der Waals surface area contributed by atoms with E-state index in [9.17, 15) is 14.4 Å². The number of nitrogens with zero attached hydrogens (tertiary/aromatic N) is 1. The van der Waals surface area contributed by atoms with Crippen molar-refractivity contribution in [3.8, 4) is 0 Å². The van der Waals surface area contributed by atoms with Gasteiger partial charge in [0, 0.05) is 24.6 Å². The summed E-state index contributed by atoms with van der Waals surface area (Å²) in [5.74, 6) is -1.07. The van der Waals surface area contributed by atoms with E-state index < -0.39 is 11.9 Å². The van der Waals surface area contributed by atoms with Gasteiger partial charge in [-0.1, -0.05) is 13.3 Å². The molecule has 7 nitrogen and oxygen atoms in total. The minimum absolute atomic E-state index is 0.260. The minimum atomic E-state index is -0.415. The maximum atomic E-state index is 12.4. The van der Waals surface area contributed by atoms with Crippen LogP contribution in [0.4, 0.5) is 5.69 Å². The topological polar surface area (TPSA) is 97.4 Å². The van der Waals surface area contributed by atoms with Gasteiger partial charge >= 0.3 is 5.97 Å². The molecule has 142 valence electrons. The van der Waals surface area contributed by atoms with Gasteiger partial charge in [-0.2, -0.15) is 0 Å². The van der Waals surface area contributed by atoms with Crippen molar-refractivity contribution in [2.24, 2.45) is 0 Å². The van der Waals surface area contributed by atoms with Crippen molar-refractivity contribution in [2.45, 2.75) is 26.7 Å². The van der Waals surface area contributed by atoms with Crippen molar-refractivity contribution in [2.75, 3.05) is 18.5 Å². The molecule has 2 aromatic rings. The molecule has 7 heteroatoms. The fourth-order valence-corrected chi connectivity index (χ4v) is 2.28. The van der Waals surface area contributed by atoms with Gasteiger partial charge in [0.15, 0.2) is 0 Å². The van der Waals surface area contributed by atoms with Crippen LogP contribution in [0.1, 0.15) is 57.8 Å². The second kappa shape index (κ2) is 10.1. The summed E-state index contributed by atoms with van der Waals surface area (Å²) in [6.45, 7) is 4.65. The SMILES string of the molecule is CCCCNC(=O)c1cncc(C(=O)Nc2ccc(C(=O)OCC)cc2)c1. The predicted octanol–water partition coefficient (Wildman–Crippen LogP) is 3.04. The van der Waals surface area contributed by atoms with Gasteiger partial charge < -0.3 is 15.4 Å². The second-order valence-corrected chi connectivity index (χ2v) is 5.82. The number of unbranched alkanes of at least 4 members (excludes halogenated alkanes) is 1. The van der Waals surface area contributed by atoms with Gasteiger partial charge in [0.1, 0.15) is 0 Å². The molecule has 0 radical (unpaired) electrons. The number of benzene rings is 1. The Morgan fingerprint density at radius 2 is 1.63 bits per heavy atom. The lowest BCUT2D eigenvalue weighted by Gasteiger charge is -2.08. The standard InChI is InChI=1S/C20H23N3O4/c1-3-5-10-22-18(24)15-11-16(13-21-12-15)19(25)23-17-8-6-14(7-9-17)20(26)27-4-2/h6-9,11-13H,3-5,10H2,1-2H3,(H,22,24)(H,23,25). The molecule has 2 rings (SSSR count). The third kappa shape index (κ3) is 5.91. The number of amides is 2. The van der Waals surface area contributed by atoms with Gasteiger partial charge in [-0.05, 0) is 43.7 Å². The molecule has 0 bridgehead atoms. The molecule has 0 aliphatic carbocycles. The molecule has 1 aromatic carbocycles. The minimum Gasteiger partial charge on any atom is -0.462 e. The van der Waals surface area contributed by atoms with Crippen molar-refractivity contribution in [3.05, 3.63) is 59.4 Å². The Morgan fingerprint density at radius 1 is 0.963 bits per heavy atom. The van der Waals surface area contributed by atoms with Gasteiger partial charge in [-0.3, -0.25) is 14.6 Å². The van der Waals surface area contributed by atoms with E-state index >= 15 is 0 Å². The average molecular weight is 369 g/mol. The third-order valence-electron chi connectivity index (χ3n) is 3.73. The summed E-state index contributed by atoms with van der Waals surface area (Å²) >= 11 is 0. The highest BCUT2D eigenvalue weighted by molar-refractivity contribution is 6.06. The highest BCUT2D eigenvalue weighted by Gasteiger charge is 2.12. The summed E-state index contributed by atoms with van der Waals surface area (Å²) in [6.07, 6.45) is 4.69. The number of nitrogens with one attached hydrogen (secondary N) is 2. The Kier molecular flexibility index (Phi) is 7.49. The van der Waals surface area contributed by atoms with E-state index in [1.807, 2.05) is 6.92 Å². The maximum Gasteiger partial charge on any atom is 0.338 e. The zero-order valence-corrected chi connectivity index (χ0v) is 15.5. The number of ether oxygens (including phenoxy) is 1. The number of carbonyl (C=O) groups excluding carboxylic acids is 3. The zero-order chi connectivity index (χ0) is 19.6. The van der Waals surface area contributed by atoms with E-state index in [0.717, 1.165) is 12.8 Å². The molecule has 1 heterocycles. The first-order chi connectivity index (χ1) is 13.0. The van der Waals surface area contributed by atoms with Crippen LogP contribution in [-0.2, 0) is 4.74 Å². The highest BCUT2D eigenvalue weighted by Crippen LogP contribution is 2.13. The summed E-state index contributed by atoms with van der Waals surface area (Å²) in [4.78, 5) is 40.1. The van der Waals surface area contributed by atoms with Crippen LogP contribution in [0.2, 0.25) is 0 Å². The van der Waals surface area contributed by atoms with Crippen LogP contribution >= 0.6 is 0 Å². The van der Waals surface area contributed by atoms with Gasteiger partial charge in [0.2, 0.25) is 0 Å². The van der Waals surface area contributed by atoms with Crippen molar-refractivity contribution < 1.29 is 19.1 Å². The molecule has 0 saturated heterocycles. The molecule has 0 atom stereocenters. The summed E-state index contributed by atoms with van der Waals surface area (Å²) in [5.41, 5.74) is 1.53. The first-order valence-electron chi connectivity index (χ1n) is 8.87. The smallest absolute Gasteiger partial charge is 0.338 e. The van der Waals surface area contributed by atoms with Gasteiger partial charge in [-0.25, -0.2) is 4.79 Å². The number of rotatable bonds is 8. The van der Waals surface area contributed by atoms with E-state index in [2.05, 4.69) is 15.6 Å². The molecule has 0 aliphatic heterocycles. The molecule has 0 aliphatic rings. The Bertz CT molecular complexity index is 803. The quantitative estimate of drug-likeness (QED) is 0.551. The van der Waals surface area contributed by atoms with Gasteiger partial charge in [-0.15, -0.1) is 0 Å². The van der Waals surface area contributed by atoms with E-state index in [0.29, 0.717) is 30.0 Å². The summed E-state index contributed by atoms with van der Waals surface area (Å²) in [5, 5.41) is 5.50. The number of carbonyl (C=O) groups is 3. The van der Waals surface area contributed by atoms with Crippen LogP contribution < -0.4 is 10.6 Å². The molecule has 0 fully saturated rings. The largest absolute Gasteiger partial charge is 0.462 e. The molecular weight excluding hydrogens is 346 g/mol. The highest BCUT2D eigenvalue weighted by atomic mass is 16.5. The molecule has 27 heavy (non-hydrogen) atoms. The molecule has 2 N–H and O–H groups in total. The fourth-order valence-electron chi connectivity index (χ4n) is 2.28. The lowest BCUT2D eigenvalue weighted by atomic mass is 10.1. The lowest BCUT2D eigenvalue weighted by molar-refractivity contribution is 0.0526. The van der Waals surface area contributed by atoms with Crippen LogP contribution in [0.15, 0.2) is 42.7 Å². The first kappa shape index (κ1) is 20.1. The van der Waals surface area contributed by atoms with Gasteiger partial charge in [0.25, 0.3) is 11.8 Å². The zero-order valence-electron chi connectivity index (χ0n) is 15.5. The number of pyridine rings is 1. The van der Waals surface area contributed by atoms with E-state index in [1.54, 1.807) is 31.2 Å². The van der Waals surface area contributed by atoms with Crippen molar-refractivity contribution in [3.63, 3.8) is 0 Å². The number of hydrogen-bond acceptors (Lipinski definition) is 5. The Morgan fingerprint density at radius 3 is 2.26 bits per heavy atom. The van der Waals surface area contributed by atoms with Crippen molar-refractivity contribution >= 4 is 23.5 Å². The van der Waals surface area contributed by atoms with E-state index in [-0.39, 0.29) is 11.5 Å². The summed E-state index contributed by atoms with van der Waals surface area (Å²) in [7, 11) is 0. The molecular formula is C20H23N3O4. The molecule has 0 unspecified atom stereocenters. The number of anilines is 1. The Labute approximate surface area is 158 Å². The number of hydrogen-bond donors (Lipinski definition) is 2. The summed E-state index contributed by atoms with van der Waals surface area (Å²) < 4.78 is 4.92. The maximum absolute atomic E-state index is 12.4. The van der Waals surface area contributed by atoms with Crippen LogP contribution in [0, 0.1) is 0 Å². The van der Waals surface area contributed by atoms with Crippen LogP contribution in [-0.4, -0.2) is 35.9 Å². The fraction of sp³-hybridized carbons (Fsp3) is 0.300. The summed E-state index contributed by atoms with van der Waals surface area (Å²) in [6, 6.07) is 7.86. The predicted molar refractivity (Wildman–Crippen MR) is 102 cm³/mol. The number of aromatic nitrogens is 1. The lowest BCUT2D eigenvalue weighted by Crippen LogP contribution is -2.25. The normalized spacial score (nSPS) is 10.1. The van der Waals surface area contributed by atoms with E-state index in [1.165, 1.54) is 18.5 Å². The molecule has 1 aromatic heterocycles. The number of esters is 1. The van der Waals surface area contributed by atoms with Crippen molar-refractivity contribution in [1.29, 1.82) is 0 Å². The van der Waals surface area contributed by atoms with E-state index in [4.69, 9.17) is 4.74 Å². The molecule has 2 amide bonds. The Balaban J connectivity index is 2.02. The van der Waals surface area contributed by atoms with Crippen molar-refractivity contribution in [1.82, 2.24) is 10.3 Å². The molecule has 0 spiro atoms. The third-order valence-corrected chi connectivity index (χ3v) is 3.73. The Hall–Kier alpha value is -3.22. The average Bonchev–Trinajstić information content (AvgIpc) is 2.69.